The van der Waals surface area contributed by atoms with Crippen LogP contribution >= 0.6 is 0 Å². The van der Waals surface area contributed by atoms with Crippen molar-refractivity contribution in [2.75, 3.05) is 27.2 Å². The molecular formula is C15H29N3O. The topological polar surface area (TPSA) is 49.6 Å². The van der Waals surface area contributed by atoms with E-state index in [0.29, 0.717) is 17.9 Å². The summed E-state index contributed by atoms with van der Waals surface area (Å²) in [4.78, 5) is 17.0. The van der Waals surface area contributed by atoms with Gasteiger partial charge in [0.1, 0.15) is 0 Å². The lowest BCUT2D eigenvalue weighted by Gasteiger charge is -2.40. The molecule has 0 bridgehead atoms. The summed E-state index contributed by atoms with van der Waals surface area (Å²) in [5, 5.41) is 0. The van der Waals surface area contributed by atoms with Crippen LogP contribution in [0.15, 0.2) is 0 Å². The molecule has 3 atom stereocenters. The number of hydrogen-bond acceptors (Lipinski definition) is 3. The quantitative estimate of drug-likeness (QED) is 0.820. The number of rotatable bonds is 2. The Morgan fingerprint density at radius 3 is 2.32 bits per heavy atom. The Kier molecular flexibility index (Phi) is 4.85. The van der Waals surface area contributed by atoms with E-state index in [1.807, 2.05) is 0 Å². The second-order valence-corrected chi connectivity index (χ2v) is 6.62. The van der Waals surface area contributed by atoms with Crippen molar-refractivity contribution in [1.82, 2.24) is 9.80 Å². The molecular weight excluding hydrogens is 238 g/mol. The summed E-state index contributed by atoms with van der Waals surface area (Å²) in [6, 6.07) is 0.698. The highest BCUT2D eigenvalue weighted by Gasteiger charge is 2.37. The van der Waals surface area contributed by atoms with Gasteiger partial charge in [-0.25, -0.2) is 0 Å². The normalized spacial score (nSPS) is 33.7. The highest BCUT2D eigenvalue weighted by Crippen LogP contribution is 2.31. The number of likely N-dealkylation sites (tertiary alicyclic amines) is 1. The lowest BCUT2D eigenvalue weighted by Crippen LogP contribution is -2.52. The van der Waals surface area contributed by atoms with Crippen LogP contribution in [0.2, 0.25) is 0 Å². The molecule has 0 spiro atoms. The molecule has 0 aromatic rings. The molecule has 1 saturated heterocycles. The Morgan fingerprint density at radius 1 is 1.16 bits per heavy atom. The third-order valence-corrected chi connectivity index (χ3v) is 5.06. The van der Waals surface area contributed by atoms with Gasteiger partial charge < -0.3 is 15.5 Å². The van der Waals surface area contributed by atoms with E-state index >= 15 is 0 Å². The van der Waals surface area contributed by atoms with Crippen LogP contribution in [-0.4, -0.2) is 55.0 Å². The monoisotopic (exact) mass is 267 g/mol. The summed E-state index contributed by atoms with van der Waals surface area (Å²) in [6.45, 7) is 3.99. The summed E-state index contributed by atoms with van der Waals surface area (Å²) in [7, 11) is 4.25. The van der Waals surface area contributed by atoms with Gasteiger partial charge in [0.05, 0.1) is 5.92 Å². The maximum Gasteiger partial charge on any atom is 0.227 e. The predicted molar refractivity (Wildman–Crippen MR) is 77.8 cm³/mol. The molecule has 0 aromatic carbocycles. The van der Waals surface area contributed by atoms with Crippen LogP contribution in [0.25, 0.3) is 0 Å². The highest BCUT2D eigenvalue weighted by molar-refractivity contribution is 5.80. The molecule has 1 heterocycles. The zero-order chi connectivity index (χ0) is 14.0. The number of carbonyl (C=O) groups is 1. The number of amides is 1. The second-order valence-electron chi connectivity index (χ2n) is 6.62. The van der Waals surface area contributed by atoms with E-state index < -0.39 is 0 Å². The smallest absolute Gasteiger partial charge is 0.227 e. The lowest BCUT2D eigenvalue weighted by molar-refractivity contribution is -0.140. The molecule has 1 aliphatic heterocycles. The van der Waals surface area contributed by atoms with Gasteiger partial charge in [0.2, 0.25) is 5.91 Å². The Bertz CT molecular complexity index is 301. The van der Waals surface area contributed by atoms with Crippen LogP contribution in [0.5, 0.6) is 0 Å². The average molecular weight is 267 g/mol. The zero-order valence-electron chi connectivity index (χ0n) is 12.6. The van der Waals surface area contributed by atoms with E-state index in [9.17, 15) is 4.79 Å². The van der Waals surface area contributed by atoms with Crippen LogP contribution in [-0.2, 0) is 4.79 Å². The molecule has 1 aliphatic carbocycles. The van der Waals surface area contributed by atoms with Gasteiger partial charge in [-0.15, -0.1) is 0 Å². The zero-order valence-corrected chi connectivity index (χ0v) is 12.6. The third kappa shape index (κ3) is 3.29. The van der Waals surface area contributed by atoms with Crippen molar-refractivity contribution in [1.29, 1.82) is 0 Å². The fraction of sp³-hybridized carbons (Fsp3) is 0.933. The molecule has 1 amide bonds. The lowest BCUT2D eigenvalue weighted by atomic mass is 9.76. The largest absolute Gasteiger partial charge is 0.342 e. The van der Waals surface area contributed by atoms with Gasteiger partial charge in [-0.05, 0) is 45.7 Å². The predicted octanol–water partition coefficient (Wildman–Crippen LogP) is 1.30. The molecule has 19 heavy (non-hydrogen) atoms. The third-order valence-electron chi connectivity index (χ3n) is 5.06. The summed E-state index contributed by atoms with van der Waals surface area (Å²) in [5.41, 5.74) is 6.20. The molecule has 2 rings (SSSR count). The molecule has 0 aromatic heterocycles. The summed E-state index contributed by atoms with van der Waals surface area (Å²) >= 11 is 0. The fourth-order valence-electron chi connectivity index (χ4n) is 3.70. The van der Waals surface area contributed by atoms with Crippen LogP contribution in [0, 0.1) is 11.8 Å². The Balaban J connectivity index is 1.93. The molecule has 4 nitrogen and oxygen atoms in total. The number of nitrogens with zero attached hydrogens (tertiary/aromatic N) is 2. The van der Waals surface area contributed by atoms with Crippen molar-refractivity contribution < 1.29 is 4.79 Å². The minimum Gasteiger partial charge on any atom is -0.342 e. The standard InChI is InChI=1S/C15H29N3O/c1-11-5-4-6-13(16)14(11)15(19)18-9-7-12(8-10-18)17(2)3/h11-14H,4-10,16H2,1-3H3. The first-order valence-corrected chi connectivity index (χ1v) is 7.71. The highest BCUT2D eigenvalue weighted by atomic mass is 16.2. The number of piperidine rings is 1. The van der Waals surface area contributed by atoms with Crippen molar-refractivity contribution in [2.45, 2.75) is 51.1 Å². The molecule has 1 saturated carbocycles. The number of nitrogens with two attached hydrogens (primary N) is 1. The summed E-state index contributed by atoms with van der Waals surface area (Å²) in [6.07, 6.45) is 5.52. The van der Waals surface area contributed by atoms with Crippen molar-refractivity contribution in [2.24, 2.45) is 17.6 Å². The van der Waals surface area contributed by atoms with Crippen molar-refractivity contribution in [3.8, 4) is 0 Å². The van der Waals surface area contributed by atoms with E-state index in [1.54, 1.807) is 0 Å². The van der Waals surface area contributed by atoms with Crippen molar-refractivity contribution in [3.05, 3.63) is 0 Å². The number of carbonyl (C=O) groups excluding carboxylic acids is 1. The minimum absolute atomic E-state index is 0.0599. The van der Waals surface area contributed by atoms with E-state index in [0.717, 1.165) is 38.8 Å². The Labute approximate surface area is 117 Å². The number of hydrogen-bond donors (Lipinski definition) is 1. The first kappa shape index (κ1) is 14.8. The van der Waals surface area contributed by atoms with Gasteiger partial charge in [0, 0.05) is 25.2 Å². The van der Waals surface area contributed by atoms with Gasteiger partial charge in [-0.1, -0.05) is 13.3 Å². The first-order chi connectivity index (χ1) is 9.00. The van der Waals surface area contributed by atoms with Gasteiger partial charge in [0.15, 0.2) is 0 Å². The van der Waals surface area contributed by atoms with Gasteiger partial charge in [-0.2, -0.15) is 0 Å². The van der Waals surface area contributed by atoms with Crippen molar-refractivity contribution >= 4 is 5.91 Å². The molecule has 4 heteroatoms. The molecule has 3 unspecified atom stereocenters. The van der Waals surface area contributed by atoms with Gasteiger partial charge in [-0.3, -0.25) is 4.79 Å². The van der Waals surface area contributed by atoms with Gasteiger partial charge >= 0.3 is 0 Å². The van der Waals surface area contributed by atoms with Crippen LogP contribution < -0.4 is 5.73 Å². The van der Waals surface area contributed by atoms with Crippen LogP contribution in [0.4, 0.5) is 0 Å². The van der Waals surface area contributed by atoms with Gasteiger partial charge in [0.25, 0.3) is 0 Å². The molecule has 110 valence electrons. The van der Waals surface area contributed by atoms with E-state index in [-0.39, 0.29) is 12.0 Å². The van der Waals surface area contributed by atoms with E-state index in [1.165, 1.54) is 6.42 Å². The molecule has 2 aliphatic rings. The maximum atomic E-state index is 12.7. The molecule has 0 radical (unpaired) electrons. The fourth-order valence-corrected chi connectivity index (χ4v) is 3.70. The maximum absolute atomic E-state index is 12.7. The van der Waals surface area contributed by atoms with Crippen LogP contribution in [0.3, 0.4) is 0 Å². The second kappa shape index (κ2) is 6.23. The minimum atomic E-state index is 0.0599. The average Bonchev–Trinajstić information content (AvgIpc) is 2.38. The molecule has 2 N–H and O–H groups in total. The summed E-state index contributed by atoms with van der Waals surface area (Å²) < 4.78 is 0. The van der Waals surface area contributed by atoms with E-state index in [4.69, 9.17) is 5.73 Å². The first-order valence-electron chi connectivity index (χ1n) is 7.71. The SMILES string of the molecule is CC1CCCC(N)C1C(=O)N1CCC(N(C)C)CC1. The van der Waals surface area contributed by atoms with Crippen LogP contribution in [0.1, 0.15) is 39.0 Å². The molecule has 2 fully saturated rings. The summed E-state index contributed by atoms with van der Waals surface area (Å²) in [5.74, 6) is 0.824. The Morgan fingerprint density at radius 2 is 1.79 bits per heavy atom. The van der Waals surface area contributed by atoms with E-state index in [2.05, 4.69) is 30.8 Å². The van der Waals surface area contributed by atoms with Crippen molar-refractivity contribution in [3.63, 3.8) is 0 Å². The Hall–Kier alpha value is -0.610.